The van der Waals surface area contributed by atoms with Gasteiger partial charge in [0, 0.05) is 28.7 Å². The highest BCUT2D eigenvalue weighted by atomic mass is 35.5. The molecule has 0 heterocycles. The van der Waals surface area contributed by atoms with Crippen LogP contribution in [0.4, 0.5) is 5.69 Å². The fraction of sp³-hybridized carbons (Fsp3) is 0.259. The van der Waals surface area contributed by atoms with Gasteiger partial charge in [-0.25, -0.2) is 8.42 Å². The Morgan fingerprint density at radius 2 is 1.53 bits per heavy atom. The highest BCUT2D eigenvalue weighted by molar-refractivity contribution is 7.92. The van der Waals surface area contributed by atoms with Crippen molar-refractivity contribution in [3.05, 3.63) is 92.9 Å². The van der Waals surface area contributed by atoms with E-state index in [1.165, 1.54) is 36.2 Å². The zero-order chi connectivity index (χ0) is 28.0. The fourth-order valence-corrected chi connectivity index (χ4v) is 5.90. The van der Waals surface area contributed by atoms with Crippen LogP contribution in [-0.2, 0) is 26.2 Å². The molecule has 0 unspecified atom stereocenters. The van der Waals surface area contributed by atoms with Gasteiger partial charge in [-0.1, -0.05) is 65.5 Å². The Morgan fingerprint density at radius 3 is 2.08 bits per heavy atom. The quantitative estimate of drug-likeness (QED) is 0.325. The molecule has 3 aromatic rings. The molecule has 0 bridgehead atoms. The average molecular weight is 597 g/mol. The molecule has 0 aromatic heterocycles. The van der Waals surface area contributed by atoms with E-state index in [9.17, 15) is 18.0 Å². The van der Waals surface area contributed by atoms with Gasteiger partial charge in [-0.15, -0.1) is 0 Å². The maximum absolute atomic E-state index is 13.9. The third-order valence-electron chi connectivity index (χ3n) is 5.99. The van der Waals surface area contributed by atoms with Crippen LogP contribution in [0.3, 0.4) is 0 Å². The van der Waals surface area contributed by atoms with Gasteiger partial charge >= 0.3 is 0 Å². The average Bonchev–Trinajstić information content (AvgIpc) is 2.88. The summed E-state index contributed by atoms with van der Waals surface area (Å²) in [5.74, 6) is -0.960. The molecule has 202 valence electrons. The van der Waals surface area contributed by atoms with Crippen LogP contribution in [0.1, 0.15) is 24.5 Å². The molecule has 7 nitrogen and oxygen atoms in total. The van der Waals surface area contributed by atoms with Crippen LogP contribution in [-0.4, -0.2) is 44.8 Å². The van der Waals surface area contributed by atoms with Crippen LogP contribution in [0.25, 0.3) is 0 Å². The second-order valence-corrected chi connectivity index (χ2v) is 11.7. The van der Waals surface area contributed by atoms with Gasteiger partial charge in [-0.2, -0.15) is 0 Å². The summed E-state index contributed by atoms with van der Waals surface area (Å²) in [4.78, 5) is 28.0. The molecule has 0 fully saturated rings. The van der Waals surface area contributed by atoms with E-state index in [0.29, 0.717) is 32.7 Å². The van der Waals surface area contributed by atoms with E-state index in [0.717, 1.165) is 9.87 Å². The molecule has 3 aromatic carbocycles. The van der Waals surface area contributed by atoms with E-state index in [1.807, 2.05) is 6.92 Å². The molecule has 0 saturated carbocycles. The summed E-state index contributed by atoms with van der Waals surface area (Å²) in [5.41, 5.74) is 1.79. The van der Waals surface area contributed by atoms with Gasteiger partial charge < -0.3 is 10.2 Å². The number of rotatable bonds is 10. The number of benzene rings is 3. The number of hydrogen-bond donors (Lipinski definition) is 1. The summed E-state index contributed by atoms with van der Waals surface area (Å²) < 4.78 is 28.6. The number of nitrogens with one attached hydrogen (secondary N) is 1. The zero-order valence-corrected chi connectivity index (χ0v) is 24.2. The van der Waals surface area contributed by atoms with Crippen LogP contribution in [0, 0.1) is 6.92 Å². The summed E-state index contributed by atoms with van der Waals surface area (Å²) in [5, 5.41) is 3.71. The van der Waals surface area contributed by atoms with Crippen molar-refractivity contribution < 1.29 is 18.0 Å². The number of carbonyl (C=O) groups is 2. The summed E-state index contributed by atoms with van der Waals surface area (Å²) in [6, 6.07) is 16.5. The second kappa shape index (κ2) is 12.8. The van der Waals surface area contributed by atoms with E-state index in [4.69, 9.17) is 34.8 Å². The van der Waals surface area contributed by atoms with Gasteiger partial charge in [0.15, 0.2) is 0 Å². The van der Waals surface area contributed by atoms with Crippen molar-refractivity contribution in [3.8, 4) is 0 Å². The lowest BCUT2D eigenvalue weighted by atomic mass is 10.1. The monoisotopic (exact) mass is 595 g/mol. The largest absolute Gasteiger partial charge is 0.357 e. The molecule has 0 spiro atoms. The topological polar surface area (TPSA) is 86.8 Å². The molecular weight excluding hydrogens is 569 g/mol. The maximum Gasteiger partial charge on any atom is 0.264 e. The first kappa shape index (κ1) is 29.8. The van der Waals surface area contributed by atoms with Gasteiger partial charge in [0.05, 0.1) is 10.6 Å². The molecule has 1 atom stereocenters. The van der Waals surface area contributed by atoms with Gasteiger partial charge in [-0.3, -0.25) is 13.9 Å². The Labute approximate surface area is 238 Å². The molecule has 38 heavy (non-hydrogen) atoms. The zero-order valence-electron chi connectivity index (χ0n) is 21.1. The Bertz CT molecular complexity index is 1400. The maximum atomic E-state index is 13.9. The highest BCUT2D eigenvalue weighted by Gasteiger charge is 2.33. The van der Waals surface area contributed by atoms with Gasteiger partial charge in [0.1, 0.15) is 12.6 Å². The number of likely N-dealkylation sites (N-methyl/N-ethyl adjacent to an activating group) is 1. The van der Waals surface area contributed by atoms with E-state index in [1.54, 1.807) is 49.4 Å². The number of sulfonamides is 1. The predicted octanol–water partition coefficient (Wildman–Crippen LogP) is 5.70. The molecule has 3 rings (SSSR count). The Hall–Kier alpha value is -2.78. The van der Waals surface area contributed by atoms with Crippen molar-refractivity contribution >= 4 is 62.3 Å². The van der Waals surface area contributed by atoms with Crippen LogP contribution in [0.15, 0.2) is 71.6 Å². The van der Waals surface area contributed by atoms with E-state index >= 15 is 0 Å². The third-order valence-corrected chi connectivity index (χ3v) is 8.62. The summed E-state index contributed by atoms with van der Waals surface area (Å²) in [6.07, 6.45) is 0.297. The minimum absolute atomic E-state index is 0.0243. The lowest BCUT2D eigenvalue weighted by Crippen LogP contribution is -2.51. The molecule has 0 radical (unpaired) electrons. The van der Waals surface area contributed by atoms with Gasteiger partial charge in [0.25, 0.3) is 10.0 Å². The van der Waals surface area contributed by atoms with Crippen molar-refractivity contribution in [2.24, 2.45) is 0 Å². The number of anilines is 1. The Kier molecular flexibility index (Phi) is 10.1. The van der Waals surface area contributed by atoms with E-state index in [2.05, 4.69) is 5.32 Å². The molecule has 0 aliphatic carbocycles. The molecule has 11 heteroatoms. The Morgan fingerprint density at radius 1 is 0.921 bits per heavy atom. The van der Waals surface area contributed by atoms with Crippen molar-refractivity contribution in [1.82, 2.24) is 10.2 Å². The number of amides is 2. The lowest BCUT2D eigenvalue weighted by molar-refractivity contribution is -0.140. The molecular formula is C27H28Cl3N3O4S. The predicted molar refractivity (Wildman–Crippen MR) is 152 cm³/mol. The minimum atomic E-state index is -4.17. The summed E-state index contributed by atoms with van der Waals surface area (Å²) in [6.45, 7) is 3.07. The van der Waals surface area contributed by atoms with Crippen molar-refractivity contribution in [2.45, 2.75) is 37.8 Å². The van der Waals surface area contributed by atoms with E-state index in [-0.39, 0.29) is 17.3 Å². The number of aryl methyl sites for hydroxylation is 1. The summed E-state index contributed by atoms with van der Waals surface area (Å²) in [7, 11) is -2.70. The smallest absolute Gasteiger partial charge is 0.264 e. The summed E-state index contributed by atoms with van der Waals surface area (Å²) >= 11 is 18.4. The van der Waals surface area contributed by atoms with Gasteiger partial charge in [-0.05, 0) is 67.4 Å². The first-order valence-electron chi connectivity index (χ1n) is 11.8. The highest BCUT2D eigenvalue weighted by Crippen LogP contribution is 2.27. The first-order chi connectivity index (χ1) is 18.0. The molecule has 1 N–H and O–H groups in total. The normalized spacial score (nSPS) is 12.1. The number of halogens is 3. The SMILES string of the molecule is CC[C@@H](C(=O)NC)N(Cc1ccc(Cl)cc1Cl)C(=O)CN(c1ccc(C)cc1)S(=O)(=O)c1ccc(Cl)cc1. The molecule has 0 saturated heterocycles. The third kappa shape index (κ3) is 6.99. The molecule has 2 amide bonds. The van der Waals surface area contributed by atoms with Gasteiger partial charge in [0.2, 0.25) is 11.8 Å². The minimum Gasteiger partial charge on any atom is -0.357 e. The van der Waals surface area contributed by atoms with Crippen LogP contribution < -0.4 is 9.62 Å². The second-order valence-electron chi connectivity index (χ2n) is 8.60. The van der Waals surface area contributed by atoms with Crippen LogP contribution >= 0.6 is 34.8 Å². The van der Waals surface area contributed by atoms with Crippen molar-refractivity contribution in [1.29, 1.82) is 0 Å². The van der Waals surface area contributed by atoms with E-state index < -0.39 is 28.5 Å². The lowest BCUT2D eigenvalue weighted by Gasteiger charge is -2.33. The number of carbonyl (C=O) groups excluding carboxylic acids is 2. The fourth-order valence-electron chi connectivity index (χ4n) is 3.89. The first-order valence-corrected chi connectivity index (χ1v) is 14.3. The Balaban J connectivity index is 2.07. The van der Waals surface area contributed by atoms with Crippen molar-refractivity contribution in [2.75, 3.05) is 17.9 Å². The number of nitrogens with zero attached hydrogens (tertiary/aromatic N) is 2. The van der Waals surface area contributed by atoms with Crippen LogP contribution in [0.2, 0.25) is 15.1 Å². The van der Waals surface area contributed by atoms with Crippen LogP contribution in [0.5, 0.6) is 0 Å². The standard InChI is InChI=1S/C27H28Cl3N3O4S/c1-4-25(27(35)31-3)32(16-19-7-8-21(29)15-24(19)30)26(34)17-33(22-11-5-18(2)6-12-22)38(36,37)23-13-9-20(28)10-14-23/h5-15,25H,4,16-17H2,1-3H3,(H,31,35)/t25-/m0/s1. The molecule has 0 aliphatic rings. The number of hydrogen-bond acceptors (Lipinski definition) is 4. The van der Waals surface area contributed by atoms with Crippen molar-refractivity contribution in [3.63, 3.8) is 0 Å². The molecule has 0 aliphatic heterocycles.